The van der Waals surface area contributed by atoms with Gasteiger partial charge < -0.3 is 5.32 Å². The van der Waals surface area contributed by atoms with E-state index >= 15 is 0 Å². The van der Waals surface area contributed by atoms with Gasteiger partial charge in [0, 0.05) is 32.6 Å². The number of piperazine rings is 1. The molecule has 0 saturated carbocycles. The number of nitrogens with zero attached hydrogens (tertiary/aromatic N) is 3. The lowest BCUT2D eigenvalue weighted by Gasteiger charge is -2.31. The summed E-state index contributed by atoms with van der Waals surface area (Å²) in [5.41, 5.74) is 0. The molecule has 0 spiro atoms. The van der Waals surface area contributed by atoms with Gasteiger partial charge in [0.1, 0.15) is 5.01 Å². The molecule has 7 heteroatoms. The lowest BCUT2D eigenvalue weighted by atomic mass is 10.1. The molecule has 1 amide bonds. The van der Waals surface area contributed by atoms with Gasteiger partial charge >= 0.3 is 0 Å². The Morgan fingerprint density at radius 2 is 2.05 bits per heavy atom. The third-order valence-corrected chi connectivity index (χ3v) is 4.22. The Morgan fingerprint density at radius 3 is 2.70 bits per heavy atom. The van der Waals surface area contributed by atoms with Crippen molar-refractivity contribution >= 4 is 22.4 Å². The predicted molar refractivity (Wildman–Crippen MR) is 81.0 cm³/mol. The Hall–Kier alpha value is -1.05. The molecule has 2 heterocycles. The Balaban J connectivity index is 1.88. The molecule has 20 heavy (non-hydrogen) atoms. The monoisotopic (exact) mass is 297 g/mol. The van der Waals surface area contributed by atoms with Crippen molar-refractivity contribution in [3.8, 4) is 0 Å². The molecule has 0 radical (unpaired) electrons. The molecule has 1 aliphatic rings. The van der Waals surface area contributed by atoms with Crippen LogP contribution in [0.5, 0.6) is 0 Å². The standard InChI is InChI=1S/C13H23N5OS/c1-9(2)8-11-16-17-13(20-11)15-12(19)10(3)18-6-4-14-5-7-18/h9-10,14H,4-8H2,1-3H3,(H,15,17,19). The van der Waals surface area contributed by atoms with Crippen LogP contribution < -0.4 is 10.6 Å². The van der Waals surface area contributed by atoms with Crippen LogP contribution in [0.3, 0.4) is 0 Å². The zero-order chi connectivity index (χ0) is 14.5. The number of carbonyl (C=O) groups excluding carboxylic acids is 1. The van der Waals surface area contributed by atoms with E-state index in [0.29, 0.717) is 11.0 Å². The predicted octanol–water partition coefficient (Wildman–Crippen LogP) is 0.969. The van der Waals surface area contributed by atoms with Crippen LogP contribution >= 0.6 is 11.3 Å². The normalized spacial score (nSPS) is 18.2. The average Bonchev–Trinajstić information content (AvgIpc) is 2.85. The van der Waals surface area contributed by atoms with E-state index in [2.05, 4.69) is 39.6 Å². The van der Waals surface area contributed by atoms with Crippen molar-refractivity contribution in [1.29, 1.82) is 0 Å². The maximum atomic E-state index is 12.2. The van der Waals surface area contributed by atoms with Crippen LogP contribution in [0, 0.1) is 5.92 Å². The van der Waals surface area contributed by atoms with Crippen LogP contribution in [0.1, 0.15) is 25.8 Å². The summed E-state index contributed by atoms with van der Waals surface area (Å²) >= 11 is 1.47. The number of aromatic nitrogens is 2. The number of hydrogen-bond acceptors (Lipinski definition) is 6. The molecule has 6 nitrogen and oxygen atoms in total. The molecule has 0 bridgehead atoms. The van der Waals surface area contributed by atoms with Crippen molar-refractivity contribution in [2.75, 3.05) is 31.5 Å². The highest BCUT2D eigenvalue weighted by Gasteiger charge is 2.23. The van der Waals surface area contributed by atoms with E-state index in [1.165, 1.54) is 11.3 Å². The first kappa shape index (κ1) is 15.3. The van der Waals surface area contributed by atoms with Gasteiger partial charge in [0.15, 0.2) is 0 Å². The molecule has 1 aliphatic heterocycles. The van der Waals surface area contributed by atoms with Gasteiger partial charge in [-0.1, -0.05) is 25.2 Å². The number of anilines is 1. The first-order valence-corrected chi connectivity index (χ1v) is 7.96. The topological polar surface area (TPSA) is 70.2 Å². The number of rotatable bonds is 5. The molecular formula is C13H23N5OS. The Bertz CT molecular complexity index is 442. The number of nitrogens with one attached hydrogen (secondary N) is 2. The van der Waals surface area contributed by atoms with E-state index in [-0.39, 0.29) is 11.9 Å². The summed E-state index contributed by atoms with van der Waals surface area (Å²) in [6.07, 6.45) is 0.904. The van der Waals surface area contributed by atoms with E-state index < -0.39 is 0 Å². The quantitative estimate of drug-likeness (QED) is 0.847. The molecule has 0 aromatic carbocycles. The van der Waals surface area contributed by atoms with E-state index in [1.807, 2.05) is 6.92 Å². The summed E-state index contributed by atoms with van der Waals surface area (Å²) < 4.78 is 0. The van der Waals surface area contributed by atoms with Gasteiger partial charge in [-0.05, 0) is 12.8 Å². The maximum Gasteiger partial charge on any atom is 0.243 e. The van der Waals surface area contributed by atoms with Crippen LogP contribution in [0.15, 0.2) is 0 Å². The Kier molecular flexibility index (Phi) is 5.45. The first-order chi connectivity index (χ1) is 9.56. The highest BCUT2D eigenvalue weighted by molar-refractivity contribution is 7.15. The fourth-order valence-corrected chi connectivity index (χ4v) is 3.14. The van der Waals surface area contributed by atoms with Crippen LogP contribution in [-0.2, 0) is 11.2 Å². The Labute approximate surface area is 124 Å². The summed E-state index contributed by atoms with van der Waals surface area (Å²) in [6, 6.07) is -0.130. The second-order valence-corrected chi connectivity index (χ2v) is 6.61. The van der Waals surface area contributed by atoms with Gasteiger partial charge in [-0.25, -0.2) is 0 Å². The molecule has 0 aliphatic carbocycles. The van der Waals surface area contributed by atoms with Gasteiger partial charge in [-0.2, -0.15) is 0 Å². The van der Waals surface area contributed by atoms with Crippen LogP contribution in [0.2, 0.25) is 0 Å². The van der Waals surface area contributed by atoms with Crippen molar-refractivity contribution in [2.45, 2.75) is 33.2 Å². The second-order valence-electron chi connectivity index (χ2n) is 5.55. The van der Waals surface area contributed by atoms with Crippen molar-refractivity contribution in [1.82, 2.24) is 20.4 Å². The molecule has 2 N–H and O–H groups in total. The third kappa shape index (κ3) is 4.22. The fourth-order valence-electron chi connectivity index (χ4n) is 2.18. The van der Waals surface area contributed by atoms with Gasteiger partial charge in [-0.3, -0.25) is 15.0 Å². The number of hydrogen-bond donors (Lipinski definition) is 2. The molecule has 1 saturated heterocycles. The van der Waals surface area contributed by atoms with E-state index in [4.69, 9.17) is 0 Å². The van der Waals surface area contributed by atoms with E-state index in [0.717, 1.165) is 37.6 Å². The molecule has 1 unspecified atom stereocenters. The highest BCUT2D eigenvalue weighted by atomic mass is 32.1. The fraction of sp³-hybridized carbons (Fsp3) is 0.769. The minimum Gasteiger partial charge on any atom is -0.314 e. The highest BCUT2D eigenvalue weighted by Crippen LogP contribution is 2.18. The van der Waals surface area contributed by atoms with Crippen molar-refractivity contribution in [2.24, 2.45) is 5.92 Å². The smallest absolute Gasteiger partial charge is 0.243 e. The maximum absolute atomic E-state index is 12.2. The zero-order valence-corrected chi connectivity index (χ0v) is 13.2. The van der Waals surface area contributed by atoms with Crippen LogP contribution in [0.25, 0.3) is 0 Å². The summed E-state index contributed by atoms with van der Waals surface area (Å²) in [5, 5.41) is 15.9. The molecule has 1 atom stereocenters. The minimum atomic E-state index is -0.130. The average molecular weight is 297 g/mol. The Morgan fingerprint density at radius 1 is 1.35 bits per heavy atom. The molecule has 112 valence electrons. The number of carbonyl (C=O) groups is 1. The minimum absolute atomic E-state index is 0.000790. The second kappa shape index (κ2) is 7.10. The van der Waals surface area contributed by atoms with Gasteiger partial charge in [0.25, 0.3) is 0 Å². The van der Waals surface area contributed by atoms with Gasteiger partial charge in [0.05, 0.1) is 6.04 Å². The van der Waals surface area contributed by atoms with Crippen LogP contribution in [0.4, 0.5) is 5.13 Å². The van der Waals surface area contributed by atoms with Gasteiger partial charge in [0.2, 0.25) is 11.0 Å². The van der Waals surface area contributed by atoms with Crippen molar-refractivity contribution in [3.63, 3.8) is 0 Å². The van der Waals surface area contributed by atoms with E-state index in [9.17, 15) is 4.79 Å². The molecule has 2 rings (SSSR count). The molecule has 1 aromatic rings. The van der Waals surface area contributed by atoms with Crippen molar-refractivity contribution < 1.29 is 4.79 Å². The van der Waals surface area contributed by atoms with E-state index in [1.54, 1.807) is 0 Å². The summed E-state index contributed by atoms with van der Waals surface area (Å²) in [5.74, 6) is 0.547. The lowest BCUT2D eigenvalue weighted by molar-refractivity contribution is -0.120. The summed E-state index contributed by atoms with van der Waals surface area (Å²) in [4.78, 5) is 14.4. The van der Waals surface area contributed by atoms with Gasteiger partial charge in [-0.15, -0.1) is 10.2 Å². The third-order valence-electron chi connectivity index (χ3n) is 3.36. The van der Waals surface area contributed by atoms with Crippen molar-refractivity contribution in [3.05, 3.63) is 5.01 Å². The summed E-state index contributed by atoms with van der Waals surface area (Å²) in [7, 11) is 0. The molecule has 1 fully saturated rings. The SMILES string of the molecule is CC(C)Cc1nnc(NC(=O)C(C)N2CCNCC2)s1. The molecule has 1 aromatic heterocycles. The number of amides is 1. The molecular weight excluding hydrogens is 274 g/mol. The zero-order valence-electron chi connectivity index (χ0n) is 12.3. The largest absolute Gasteiger partial charge is 0.314 e. The summed E-state index contributed by atoms with van der Waals surface area (Å²) in [6.45, 7) is 9.92. The first-order valence-electron chi connectivity index (χ1n) is 7.14. The van der Waals surface area contributed by atoms with Crippen LogP contribution in [-0.4, -0.2) is 53.2 Å². The lowest BCUT2D eigenvalue weighted by Crippen LogP contribution is -2.51.